The molecule has 0 saturated heterocycles. The molecule has 0 saturated carbocycles. The molecule has 0 bridgehead atoms. The molecule has 18 heavy (non-hydrogen) atoms. The predicted molar refractivity (Wildman–Crippen MR) is 68.2 cm³/mol. The highest BCUT2D eigenvalue weighted by Gasteiger charge is 2.15. The molecule has 0 radical (unpaired) electrons. The van der Waals surface area contributed by atoms with Gasteiger partial charge in [0, 0.05) is 12.4 Å². The van der Waals surface area contributed by atoms with Crippen molar-refractivity contribution in [2.45, 2.75) is 36.9 Å². The molecule has 0 atom stereocenters. The van der Waals surface area contributed by atoms with Crippen molar-refractivity contribution >= 4 is 11.8 Å². The van der Waals surface area contributed by atoms with Crippen molar-refractivity contribution < 1.29 is 0 Å². The molecule has 92 valence electrons. The van der Waals surface area contributed by atoms with Crippen LogP contribution in [-0.2, 0) is 12.8 Å². The Labute approximate surface area is 110 Å². The lowest BCUT2D eigenvalue weighted by Gasteiger charge is -2.08. The summed E-state index contributed by atoms with van der Waals surface area (Å²) in [6.07, 6.45) is 4.98. The van der Waals surface area contributed by atoms with Crippen LogP contribution < -0.4 is 0 Å². The number of nitriles is 1. The van der Waals surface area contributed by atoms with Gasteiger partial charge in [-0.15, -0.1) is 5.10 Å². The van der Waals surface area contributed by atoms with E-state index in [0.29, 0.717) is 15.7 Å². The number of rotatable bonds is 4. The smallest absolute Gasteiger partial charge is 0.171 e. The topological polar surface area (TPSA) is 78.2 Å². The Morgan fingerprint density at radius 2 is 2.17 bits per heavy atom. The second-order valence-corrected chi connectivity index (χ2v) is 4.60. The molecule has 2 heterocycles. The van der Waals surface area contributed by atoms with E-state index in [-0.39, 0.29) is 0 Å². The molecule has 2 aromatic rings. The number of imidazole rings is 1. The van der Waals surface area contributed by atoms with E-state index >= 15 is 0 Å². The number of nitrogens with zero attached hydrogens (tertiary/aromatic N) is 4. The summed E-state index contributed by atoms with van der Waals surface area (Å²) in [4.78, 5) is 7.09. The van der Waals surface area contributed by atoms with Crippen molar-refractivity contribution in [3.05, 3.63) is 29.2 Å². The van der Waals surface area contributed by atoms with E-state index in [1.807, 2.05) is 13.8 Å². The standard InChI is InChI=1S/C12H13N5S/c1-3-8-9(7-13)11(17-16-10(8)4-2)18-12-14-5-6-15-12/h5-6H,3-4H2,1-2H3,(H,14,15). The minimum absolute atomic E-state index is 0.613. The van der Waals surface area contributed by atoms with Crippen molar-refractivity contribution in [2.75, 3.05) is 0 Å². The fourth-order valence-corrected chi connectivity index (χ4v) is 2.52. The molecule has 0 aromatic carbocycles. The van der Waals surface area contributed by atoms with E-state index in [1.54, 1.807) is 12.4 Å². The molecule has 0 amide bonds. The first-order chi connectivity index (χ1) is 8.80. The summed E-state index contributed by atoms with van der Waals surface area (Å²) >= 11 is 1.33. The molecular weight excluding hydrogens is 246 g/mol. The maximum absolute atomic E-state index is 9.32. The normalized spacial score (nSPS) is 10.3. The molecular formula is C12H13N5S. The molecule has 0 aliphatic heterocycles. The second-order valence-electron chi connectivity index (χ2n) is 3.62. The second kappa shape index (κ2) is 5.65. The fraction of sp³-hybridized carbons (Fsp3) is 0.333. The Morgan fingerprint density at radius 3 is 2.72 bits per heavy atom. The van der Waals surface area contributed by atoms with Crippen LogP contribution in [0, 0.1) is 11.3 Å². The number of aryl methyl sites for hydroxylation is 1. The van der Waals surface area contributed by atoms with E-state index in [4.69, 9.17) is 0 Å². The van der Waals surface area contributed by atoms with E-state index in [9.17, 15) is 5.26 Å². The molecule has 1 N–H and O–H groups in total. The van der Waals surface area contributed by atoms with Crippen molar-refractivity contribution in [3.8, 4) is 6.07 Å². The average Bonchev–Trinajstić information content (AvgIpc) is 2.90. The van der Waals surface area contributed by atoms with Crippen molar-refractivity contribution in [1.29, 1.82) is 5.26 Å². The minimum Gasteiger partial charge on any atom is -0.339 e. The third kappa shape index (κ3) is 2.36. The lowest BCUT2D eigenvalue weighted by atomic mass is 10.1. The summed E-state index contributed by atoms with van der Waals surface area (Å²) < 4.78 is 0. The monoisotopic (exact) mass is 259 g/mol. The first-order valence-corrected chi connectivity index (χ1v) is 6.57. The van der Waals surface area contributed by atoms with Crippen LogP contribution in [-0.4, -0.2) is 20.2 Å². The van der Waals surface area contributed by atoms with Gasteiger partial charge in [0.05, 0.1) is 11.3 Å². The molecule has 2 rings (SSSR count). The van der Waals surface area contributed by atoms with E-state index in [2.05, 4.69) is 26.2 Å². The van der Waals surface area contributed by atoms with Crippen LogP contribution in [0.15, 0.2) is 22.6 Å². The van der Waals surface area contributed by atoms with Crippen molar-refractivity contribution in [2.24, 2.45) is 0 Å². The summed E-state index contributed by atoms with van der Waals surface area (Å²) in [6.45, 7) is 4.04. The zero-order valence-electron chi connectivity index (χ0n) is 10.3. The third-order valence-electron chi connectivity index (χ3n) is 2.59. The lowest BCUT2D eigenvalue weighted by Crippen LogP contribution is -2.04. The Morgan fingerprint density at radius 1 is 1.33 bits per heavy atom. The zero-order chi connectivity index (χ0) is 13.0. The van der Waals surface area contributed by atoms with Crippen LogP contribution in [0.1, 0.15) is 30.7 Å². The number of hydrogen-bond acceptors (Lipinski definition) is 5. The first kappa shape index (κ1) is 12.6. The minimum atomic E-state index is 0.613. The summed E-state index contributed by atoms with van der Waals surface area (Å²) in [5.74, 6) is 0. The van der Waals surface area contributed by atoms with Crippen LogP contribution in [0.3, 0.4) is 0 Å². The van der Waals surface area contributed by atoms with Gasteiger partial charge in [0.25, 0.3) is 0 Å². The van der Waals surface area contributed by atoms with Gasteiger partial charge in [-0.05, 0) is 30.2 Å². The van der Waals surface area contributed by atoms with Gasteiger partial charge in [0.15, 0.2) is 5.16 Å². The third-order valence-corrected chi connectivity index (χ3v) is 3.49. The summed E-state index contributed by atoms with van der Waals surface area (Å²) in [7, 11) is 0. The quantitative estimate of drug-likeness (QED) is 0.911. The molecule has 0 spiro atoms. The van der Waals surface area contributed by atoms with Gasteiger partial charge < -0.3 is 4.98 Å². The summed E-state index contributed by atoms with van der Waals surface area (Å²) in [5.41, 5.74) is 2.51. The van der Waals surface area contributed by atoms with Crippen LogP contribution in [0.4, 0.5) is 0 Å². The highest BCUT2D eigenvalue weighted by atomic mass is 32.2. The molecule has 0 unspecified atom stereocenters. The van der Waals surface area contributed by atoms with E-state index in [0.717, 1.165) is 24.1 Å². The number of hydrogen-bond donors (Lipinski definition) is 1. The molecule has 2 aromatic heterocycles. The maximum Gasteiger partial charge on any atom is 0.171 e. The Kier molecular flexibility index (Phi) is 3.95. The SMILES string of the molecule is CCc1nnc(Sc2ncc[nH]2)c(C#N)c1CC. The fourth-order valence-electron chi connectivity index (χ4n) is 1.74. The Bertz CT molecular complexity index is 571. The van der Waals surface area contributed by atoms with E-state index < -0.39 is 0 Å². The predicted octanol–water partition coefficient (Wildman–Crippen LogP) is 2.35. The van der Waals surface area contributed by atoms with Gasteiger partial charge in [0.2, 0.25) is 0 Å². The number of aromatic amines is 1. The highest BCUT2D eigenvalue weighted by molar-refractivity contribution is 7.99. The van der Waals surface area contributed by atoms with Gasteiger partial charge in [-0.1, -0.05) is 13.8 Å². The van der Waals surface area contributed by atoms with Crippen LogP contribution >= 0.6 is 11.8 Å². The number of nitrogens with one attached hydrogen (secondary N) is 1. The highest BCUT2D eigenvalue weighted by Crippen LogP contribution is 2.28. The van der Waals surface area contributed by atoms with Crippen LogP contribution in [0.2, 0.25) is 0 Å². The van der Waals surface area contributed by atoms with Gasteiger partial charge in [0.1, 0.15) is 11.1 Å². The first-order valence-electron chi connectivity index (χ1n) is 5.75. The number of H-pyrrole nitrogens is 1. The Balaban J connectivity index is 2.45. The van der Waals surface area contributed by atoms with Gasteiger partial charge in [-0.3, -0.25) is 0 Å². The van der Waals surface area contributed by atoms with Gasteiger partial charge in [-0.2, -0.15) is 10.4 Å². The largest absolute Gasteiger partial charge is 0.339 e. The molecule has 0 aliphatic rings. The van der Waals surface area contributed by atoms with Crippen molar-refractivity contribution in [3.63, 3.8) is 0 Å². The summed E-state index contributed by atoms with van der Waals surface area (Å²) in [5, 5.41) is 19.0. The van der Waals surface area contributed by atoms with E-state index in [1.165, 1.54) is 11.8 Å². The average molecular weight is 259 g/mol. The van der Waals surface area contributed by atoms with Gasteiger partial charge in [-0.25, -0.2) is 4.98 Å². The maximum atomic E-state index is 9.32. The number of aromatic nitrogens is 4. The lowest BCUT2D eigenvalue weighted by molar-refractivity contribution is 0.816. The van der Waals surface area contributed by atoms with Crippen LogP contribution in [0.5, 0.6) is 0 Å². The zero-order valence-corrected chi connectivity index (χ0v) is 11.1. The Hall–Kier alpha value is -1.87. The molecule has 0 aliphatic carbocycles. The molecule has 5 nitrogen and oxygen atoms in total. The summed E-state index contributed by atoms with van der Waals surface area (Å²) in [6, 6.07) is 2.24. The molecule has 0 fully saturated rings. The van der Waals surface area contributed by atoms with Gasteiger partial charge >= 0.3 is 0 Å². The van der Waals surface area contributed by atoms with Crippen LogP contribution in [0.25, 0.3) is 0 Å². The molecule has 6 heteroatoms. The van der Waals surface area contributed by atoms with Crippen molar-refractivity contribution in [1.82, 2.24) is 20.2 Å².